The molecule has 0 bridgehead atoms. The molecule has 1 aromatic rings. The molecule has 11 heteroatoms. The summed E-state index contributed by atoms with van der Waals surface area (Å²) in [5, 5.41) is 20.8. The van der Waals surface area contributed by atoms with Crippen LogP contribution in [0.3, 0.4) is 0 Å². The molecule has 0 amide bonds. The van der Waals surface area contributed by atoms with Crippen molar-refractivity contribution in [2.24, 2.45) is 5.92 Å². The van der Waals surface area contributed by atoms with Crippen LogP contribution in [-0.2, 0) is 24.3 Å². The second-order valence-electron chi connectivity index (χ2n) is 7.44. The van der Waals surface area contributed by atoms with Crippen molar-refractivity contribution >= 4 is 27.6 Å². The Hall–Kier alpha value is -2.79. The molecule has 1 aromatic carbocycles. The Morgan fingerprint density at radius 3 is 2.43 bits per heavy atom. The summed E-state index contributed by atoms with van der Waals surface area (Å²) in [4.78, 5) is 33.9. The molecule has 0 unspecified atom stereocenters. The Labute approximate surface area is 175 Å². The van der Waals surface area contributed by atoms with E-state index in [4.69, 9.17) is 4.74 Å². The number of para-hydroxylation sites is 1. The second-order valence-corrected chi connectivity index (χ2v) is 9.35. The van der Waals surface area contributed by atoms with Crippen molar-refractivity contribution in [3.63, 3.8) is 0 Å². The van der Waals surface area contributed by atoms with Crippen molar-refractivity contribution in [2.45, 2.75) is 44.1 Å². The number of allylic oxidation sites excluding steroid dienone is 1. The number of unbranched alkanes of at least 4 members (excludes halogenated alkanes) is 1. The Morgan fingerprint density at radius 1 is 1.33 bits per heavy atom. The van der Waals surface area contributed by atoms with Gasteiger partial charge in [0.1, 0.15) is 5.60 Å². The summed E-state index contributed by atoms with van der Waals surface area (Å²) in [7, 11) is -4.48. The van der Waals surface area contributed by atoms with Gasteiger partial charge < -0.3 is 9.84 Å². The maximum Gasteiger partial charge on any atom is 0.322 e. The average molecular weight is 442 g/mol. The van der Waals surface area contributed by atoms with E-state index in [9.17, 15) is 33.2 Å². The van der Waals surface area contributed by atoms with Crippen LogP contribution in [0.4, 0.5) is 5.69 Å². The molecule has 0 saturated carbocycles. The van der Waals surface area contributed by atoms with E-state index < -0.39 is 55.5 Å². The Kier molecular flexibility index (Phi) is 8.67. The number of rotatable bonds is 11. The Balaban J connectivity index is 3.38. The number of benzene rings is 1. The lowest BCUT2D eigenvalue weighted by atomic mass is 10.1. The molecule has 1 N–H and O–H groups in total. The van der Waals surface area contributed by atoms with Crippen molar-refractivity contribution in [3.05, 3.63) is 47.0 Å². The summed E-state index contributed by atoms with van der Waals surface area (Å²) in [5.74, 6) is -4.46. The number of carboxylic acid groups (broad SMARTS) is 1. The van der Waals surface area contributed by atoms with Gasteiger partial charge in [-0.1, -0.05) is 18.2 Å². The normalized spacial score (nSPS) is 12.9. The predicted octanol–water partition coefficient (Wildman–Crippen LogP) is 2.59. The zero-order valence-corrected chi connectivity index (χ0v) is 17.9. The van der Waals surface area contributed by atoms with Crippen LogP contribution >= 0.6 is 0 Å². The number of hydrogen-bond acceptors (Lipinski definition) is 7. The number of carbonyl (C=O) groups is 2. The van der Waals surface area contributed by atoms with E-state index >= 15 is 0 Å². The van der Waals surface area contributed by atoms with Crippen LogP contribution in [0.5, 0.6) is 0 Å². The van der Waals surface area contributed by atoms with Crippen LogP contribution in [0.15, 0.2) is 41.8 Å². The first-order valence-corrected chi connectivity index (χ1v) is 10.6. The van der Waals surface area contributed by atoms with Crippen LogP contribution in [0, 0.1) is 16.0 Å². The molecule has 0 fully saturated rings. The highest BCUT2D eigenvalue weighted by Crippen LogP contribution is 2.27. The summed E-state index contributed by atoms with van der Waals surface area (Å²) in [6, 6.07) is 4.75. The van der Waals surface area contributed by atoms with Crippen LogP contribution in [0.1, 0.15) is 33.6 Å². The minimum Gasteiger partial charge on any atom is -0.481 e. The Morgan fingerprint density at radius 2 is 1.93 bits per heavy atom. The molecule has 0 aliphatic carbocycles. The summed E-state index contributed by atoms with van der Waals surface area (Å²) >= 11 is 0. The third kappa shape index (κ3) is 6.92. The fourth-order valence-electron chi connectivity index (χ4n) is 2.52. The second kappa shape index (κ2) is 10.3. The number of ether oxygens (including phenoxy) is 1. The van der Waals surface area contributed by atoms with Gasteiger partial charge in [0.25, 0.3) is 5.69 Å². The van der Waals surface area contributed by atoms with Gasteiger partial charge in [-0.05, 0) is 39.7 Å². The van der Waals surface area contributed by atoms with E-state index in [0.29, 0.717) is 6.42 Å². The van der Waals surface area contributed by atoms with Gasteiger partial charge in [-0.15, -0.1) is 6.58 Å². The molecule has 0 aliphatic rings. The van der Waals surface area contributed by atoms with Gasteiger partial charge in [0.15, 0.2) is 10.8 Å². The van der Waals surface area contributed by atoms with Gasteiger partial charge in [0.05, 0.1) is 4.92 Å². The number of carbonyl (C=O) groups excluding carboxylic acids is 1. The van der Waals surface area contributed by atoms with E-state index in [2.05, 4.69) is 6.58 Å². The maximum atomic E-state index is 13.2. The van der Waals surface area contributed by atoms with Gasteiger partial charge >= 0.3 is 11.9 Å². The number of carboxylic acids is 1. The third-order valence-electron chi connectivity index (χ3n) is 3.87. The number of nitro benzene ring substituents is 1. The standard InChI is InChI=1S/C19H26N2O8S/c1-5-6-9-12-20(13-14(17(22)23)18(24)29-19(2,3)4)30(27,28)16-11-8-7-10-15(16)21(25)26/h5,7-8,10-11,14H,1,6,9,12-13H2,2-4H3,(H,22,23)/t14-/m0/s1. The van der Waals surface area contributed by atoms with Crippen molar-refractivity contribution in [3.8, 4) is 0 Å². The number of sulfonamides is 1. The fraction of sp³-hybridized carbons (Fsp3) is 0.474. The number of nitrogens with zero attached hydrogens (tertiary/aromatic N) is 2. The minimum absolute atomic E-state index is 0.160. The zero-order valence-electron chi connectivity index (χ0n) is 17.1. The highest BCUT2D eigenvalue weighted by Gasteiger charge is 2.38. The van der Waals surface area contributed by atoms with Gasteiger partial charge in [-0.25, -0.2) is 8.42 Å². The molecule has 0 aliphatic heterocycles. The quantitative estimate of drug-likeness (QED) is 0.137. The first kappa shape index (κ1) is 25.2. The van der Waals surface area contributed by atoms with E-state index in [-0.39, 0.29) is 13.0 Å². The average Bonchev–Trinajstić information content (AvgIpc) is 2.62. The summed E-state index contributed by atoms with van der Waals surface area (Å²) in [5.41, 5.74) is -1.62. The molecule has 0 radical (unpaired) electrons. The summed E-state index contributed by atoms with van der Waals surface area (Å²) < 4.78 is 32.2. The first-order chi connectivity index (χ1) is 13.8. The monoisotopic (exact) mass is 442 g/mol. The van der Waals surface area contributed by atoms with E-state index in [1.54, 1.807) is 26.8 Å². The van der Waals surface area contributed by atoms with Gasteiger partial charge in [0, 0.05) is 19.2 Å². The highest BCUT2D eigenvalue weighted by molar-refractivity contribution is 7.89. The maximum absolute atomic E-state index is 13.2. The molecule has 0 spiro atoms. The number of hydrogen-bond donors (Lipinski definition) is 1. The zero-order chi connectivity index (χ0) is 23.1. The van der Waals surface area contributed by atoms with Crippen LogP contribution in [0.25, 0.3) is 0 Å². The van der Waals surface area contributed by atoms with Gasteiger partial charge in [-0.3, -0.25) is 19.7 Å². The smallest absolute Gasteiger partial charge is 0.322 e. The molecule has 0 saturated heterocycles. The number of esters is 1. The minimum atomic E-state index is -4.48. The van der Waals surface area contributed by atoms with E-state index in [1.807, 2.05) is 0 Å². The number of aliphatic carboxylic acids is 1. The van der Waals surface area contributed by atoms with Crippen molar-refractivity contribution in [2.75, 3.05) is 13.1 Å². The lowest BCUT2D eigenvalue weighted by molar-refractivity contribution is -0.387. The SMILES string of the molecule is C=CCCCN(C[C@@H](C(=O)O)C(=O)OC(C)(C)C)S(=O)(=O)c1ccccc1[N+](=O)[O-]. The predicted molar refractivity (Wildman–Crippen MR) is 108 cm³/mol. The molecular weight excluding hydrogens is 416 g/mol. The lowest BCUT2D eigenvalue weighted by Gasteiger charge is -2.27. The summed E-state index contributed by atoms with van der Waals surface area (Å²) in [6.45, 7) is 7.32. The van der Waals surface area contributed by atoms with Crippen LogP contribution in [0.2, 0.25) is 0 Å². The fourth-order valence-corrected chi connectivity index (χ4v) is 4.17. The first-order valence-electron chi connectivity index (χ1n) is 9.11. The molecule has 1 rings (SSSR count). The van der Waals surface area contributed by atoms with Gasteiger partial charge in [-0.2, -0.15) is 4.31 Å². The van der Waals surface area contributed by atoms with E-state index in [1.165, 1.54) is 12.1 Å². The topological polar surface area (TPSA) is 144 Å². The largest absolute Gasteiger partial charge is 0.481 e. The van der Waals surface area contributed by atoms with E-state index in [0.717, 1.165) is 16.4 Å². The van der Waals surface area contributed by atoms with Crippen molar-refractivity contribution in [1.82, 2.24) is 4.31 Å². The van der Waals surface area contributed by atoms with Crippen LogP contribution in [-0.4, -0.2) is 53.4 Å². The van der Waals surface area contributed by atoms with Crippen molar-refractivity contribution in [1.29, 1.82) is 0 Å². The third-order valence-corrected chi connectivity index (χ3v) is 5.78. The molecule has 10 nitrogen and oxygen atoms in total. The molecule has 30 heavy (non-hydrogen) atoms. The molecule has 1 atom stereocenters. The van der Waals surface area contributed by atoms with Gasteiger partial charge in [0.2, 0.25) is 10.0 Å². The molecule has 0 heterocycles. The molecule has 166 valence electrons. The Bertz CT molecular complexity index is 905. The van der Waals surface area contributed by atoms with Crippen molar-refractivity contribution < 1.29 is 32.8 Å². The number of nitro groups is 1. The molecule has 0 aromatic heterocycles. The highest BCUT2D eigenvalue weighted by atomic mass is 32.2. The molecular formula is C19H26N2O8S. The lowest BCUT2D eigenvalue weighted by Crippen LogP contribution is -2.43. The summed E-state index contributed by atoms with van der Waals surface area (Å²) in [6.07, 6.45) is 2.26. The van der Waals surface area contributed by atoms with Crippen LogP contribution < -0.4 is 0 Å².